The van der Waals surface area contributed by atoms with Gasteiger partial charge in [-0.05, 0) is 55.7 Å². The molecule has 1 saturated heterocycles. The van der Waals surface area contributed by atoms with Gasteiger partial charge in [-0.15, -0.1) is 10.2 Å². The minimum Gasteiger partial charge on any atom is -0.355 e. The number of nitrogens with zero attached hydrogens (tertiary/aromatic N) is 3. The Morgan fingerprint density at radius 2 is 1.72 bits per heavy atom. The molecule has 4 rings (SSSR count). The van der Waals surface area contributed by atoms with Crippen molar-refractivity contribution in [3.63, 3.8) is 0 Å². The number of carbonyl (C=O) groups is 1. The van der Waals surface area contributed by atoms with Crippen molar-refractivity contribution in [1.82, 2.24) is 10.2 Å². The monoisotopic (exact) mass is 407 g/mol. The van der Waals surface area contributed by atoms with Crippen molar-refractivity contribution in [1.29, 1.82) is 0 Å². The molecule has 0 aliphatic carbocycles. The van der Waals surface area contributed by atoms with E-state index in [4.69, 9.17) is 11.6 Å². The van der Waals surface area contributed by atoms with Crippen molar-refractivity contribution >= 4 is 34.8 Å². The second kappa shape index (κ2) is 8.92. The van der Waals surface area contributed by atoms with Crippen LogP contribution in [-0.2, 0) is 0 Å². The third kappa shape index (κ3) is 4.84. The molecule has 2 amide bonds. The van der Waals surface area contributed by atoms with Crippen LogP contribution in [0.4, 0.5) is 22.0 Å². The fourth-order valence-electron chi connectivity index (χ4n) is 3.37. The van der Waals surface area contributed by atoms with Crippen LogP contribution in [0.1, 0.15) is 19.3 Å². The van der Waals surface area contributed by atoms with Crippen LogP contribution < -0.4 is 15.5 Å². The lowest BCUT2D eigenvalue weighted by molar-refractivity contribution is 0.262. The van der Waals surface area contributed by atoms with Gasteiger partial charge in [-0.25, -0.2) is 4.79 Å². The van der Waals surface area contributed by atoms with E-state index in [1.807, 2.05) is 48.5 Å². The average Bonchev–Trinajstić information content (AvgIpc) is 2.76. The summed E-state index contributed by atoms with van der Waals surface area (Å²) in [5, 5.41) is 14.8. The van der Waals surface area contributed by atoms with Gasteiger partial charge in [0.05, 0.1) is 16.4 Å². The van der Waals surface area contributed by atoms with E-state index < -0.39 is 0 Å². The number of nitrogens with one attached hydrogen (secondary N) is 2. The van der Waals surface area contributed by atoms with Crippen molar-refractivity contribution in [2.45, 2.75) is 19.3 Å². The second-order valence-corrected chi connectivity index (χ2v) is 7.37. The first-order chi connectivity index (χ1) is 14.2. The molecule has 1 aromatic heterocycles. The van der Waals surface area contributed by atoms with Crippen LogP contribution in [0.25, 0.3) is 11.3 Å². The highest BCUT2D eigenvalue weighted by atomic mass is 35.5. The summed E-state index contributed by atoms with van der Waals surface area (Å²) in [4.78, 5) is 14.6. The molecule has 2 N–H and O–H groups in total. The number of carbonyl (C=O) groups excluding carboxylic acids is 1. The van der Waals surface area contributed by atoms with Crippen LogP contribution in [0.5, 0.6) is 0 Å². The molecule has 148 valence electrons. The summed E-state index contributed by atoms with van der Waals surface area (Å²) in [7, 11) is 0. The summed E-state index contributed by atoms with van der Waals surface area (Å²) in [5.41, 5.74) is 2.87. The number of piperidine rings is 1. The first-order valence-electron chi connectivity index (χ1n) is 9.71. The first kappa shape index (κ1) is 19.2. The first-order valence-corrected chi connectivity index (χ1v) is 10.1. The number of para-hydroxylation sites is 1. The molecular weight excluding hydrogens is 386 g/mol. The zero-order valence-electron chi connectivity index (χ0n) is 15.9. The van der Waals surface area contributed by atoms with Crippen molar-refractivity contribution < 1.29 is 4.79 Å². The number of anilines is 3. The zero-order valence-corrected chi connectivity index (χ0v) is 16.7. The smallest absolute Gasteiger partial charge is 0.323 e. The van der Waals surface area contributed by atoms with E-state index in [-0.39, 0.29) is 6.03 Å². The molecule has 2 aromatic carbocycles. The topological polar surface area (TPSA) is 70.2 Å². The molecule has 0 spiro atoms. The van der Waals surface area contributed by atoms with Crippen molar-refractivity contribution in [2.24, 2.45) is 0 Å². The number of hydrogen-bond donors (Lipinski definition) is 2. The SMILES string of the molecule is O=C(Nc1cccc(-c2ccc(N3CCCCC3)nn2)c1)Nc1ccccc1Cl. The van der Waals surface area contributed by atoms with Crippen LogP contribution >= 0.6 is 11.6 Å². The summed E-state index contributed by atoms with van der Waals surface area (Å²) >= 11 is 6.08. The average molecular weight is 408 g/mol. The lowest BCUT2D eigenvalue weighted by Gasteiger charge is -2.27. The van der Waals surface area contributed by atoms with Crippen LogP contribution in [0.2, 0.25) is 5.02 Å². The molecule has 1 fully saturated rings. The molecule has 6 nitrogen and oxygen atoms in total. The summed E-state index contributed by atoms with van der Waals surface area (Å²) in [6, 6.07) is 18.2. The highest BCUT2D eigenvalue weighted by Crippen LogP contribution is 2.24. The highest BCUT2D eigenvalue weighted by molar-refractivity contribution is 6.33. The maximum atomic E-state index is 12.3. The zero-order chi connectivity index (χ0) is 20.1. The Balaban J connectivity index is 1.44. The van der Waals surface area contributed by atoms with E-state index in [2.05, 4.69) is 25.7 Å². The van der Waals surface area contributed by atoms with Gasteiger partial charge in [0.1, 0.15) is 0 Å². The van der Waals surface area contributed by atoms with Gasteiger partial charge in [0.2, 0.25) is 0 Å². The Bertz CT molecular complexity index is 987. The molecule has 0 bridgehead atoms. The summed E-state index contributed by atoms with van der Waals surface area (Å²) < 4.78 is 0. The number of halogens is 1. The Labute approximate surface area is 174 Å². The van der Waals surface area contributed by atoms with Crippen molar-refractivity contribution in [2.75, 3.05) is 28.6 Å². The molecule has 0 saturated carbocycles. The molecule has 0 unspecified atom stereocenters. The summed E-state index contributed by atoms with van der Waals surface area (Å²) in [5.74, 6) is 0.918. The van der Waals surface area contributed by atoms with Gasteiger partial charge >= 0.3 is 6.03 Å². The van der Waals surface area contributed by atoms with E-state index in [1.54, 1.807) is 12.1 Å². The quantitative estimate of drug-likeness (QED) is 0.604. The molecular formula is C22H22ClN5O. The van der Waals surface area contributed by atoms with Gasteiger partial charge < -0.3 is 15.5 Å². The van der Waals surface area contributed by atoms with Crippen LogP contribution in [0.15, 0.2) is 60.7 Å². The van der Waals surface area contributed by atoms with Gasteiger partial charge in [0.25, 0.3) is 0 Å². The van der Waals surface area contributed by atoms with E-state index >= 15 is 0 Å². The fourth-order valence-corrected chi connectivity index (χ4v) is 3.56. The van der Waals surface area contributed by atoms with Gasteiger partial charge in [0.15, 0.2) is 5.82 Å². The fraction of sp³-hybridized carbons (Fsp3) is 0.227. The maximum Gasteiger partial charge on any atom is 0.323 e. The van der Waals surface area contributed by atoms with Crippen LogP contribution in [0, 0.1) is 0 Å². The van der Waals surface area contributed by atoms with Crippen molar-refractivity contribution in [3.05, 3.63) is 65.7 Å². The standard InChI is InChI=1S/C22H22ClN5O/c23-18-9-2-3-10-20(18)25-22(29)24-17-8-6-7-16(15-17)19-11-12-21(27-26-19)28-13-4-1-5-14-28/h2-3,6-12,15H,1,4-5,13-14H2,(H2,24,25,29). The lowest BCUT2D eigenvalue weighted by atomic mass is 10.1. The number of benzene rings is 2. The predicted molar refractivity (Wildman–Crippen MR) is 118 cm³/mol. The minimum absolute atomic E-state index is 0.359. The number of hydrogen-bond acceptors (Lipinski definition) is 4. The van der Waals surface area contributed by atoms with Crippen LogP contribution in [0.3, 0.4) is 0 Å². The maximum absolute atomic E-state index is 12.3. The second-order valence-electron chi connectivity index (χ2n) is 6.96. The Morgan fingerprint density at radius 1 is 0.897 bits per heavy atom. The third-order valence-electron chi connectivity index (χ3n) is 4.87. The number of amides is 2. The summed E-state index contributed by atoms with van der Waals surface area (Å²) in [6.45, 7) is 2.07. The summed E-state index contributed by atoms with van der Waals surface area (Å²) in [6.07, 6.45) is 3.69. The molecule has 1 aliphatic rings. The van der Waals surface area contributed by atoms with Gasteiger partial charge in [0, 0.05) is 24.3 Å². The molecule has 0 radical (unpaired) electrons. The van der Waals surface area contributed by atoms with Gasteiger partial charge in [-0.3, -0.25) is 0 Å². The molecule has 0 atom stereocenters. The minimum atomic E-state index is -0.359. The van der Waals surface area contributed by atoms with E-state index in [0.29, 0.717) is 16.4 Å². The normalized spacial score (nSPS) is 13.8. The van der Waals surface area contributed by atoms with E-state index in [0.717, 1.165) is 30.2 Å². The molecule has 7 heteroatoms. The third-order valence-corrected chi connectivity index (χ3v) is 5.20. The Hall–Kier alpha value is -3.12. The Kier molecular flexibility index (Phi) is 5.91. The largest absolute Gasteiger partial charge is 0.355 e. The highest BCUT2D eigenvalue weighted by Gasteiger charge is 2.13. The number of urea groups is 1. The lowest BCUT2D eigenvalue weighted by Crippen LogP contribution is -2.30. The Morgan fingerprint density at radius 3 is 2.48 bits per heavy atom. The predicted octanol–water partition coefficient (Wildman–Crippen LogP) is 5.43. The molecule has 3 aromatic rings. The van der Waals surface area contributed by atoms with E-state index in [9.17, 15) is 4.79 Å². The molecule has 2 heterocycles. The van der Waals surface area contributed by atoms with E-state index in [1.165, 1.54) is 19.3 Å². The van der Waals surface area contributed by atoms with Gasteiger partial charge in [-0.1, -0.05) is 35.9 Å². The van der Waals surface area contributed by atoms with Gasteiger partial charge in [-0.2, -0.15) is 0 Å². The van der Waals surface area contributed by atoms with Crippen molar-refractivity contribution in [3.8, 4) is 11.3 Å². The van der Waals surface area contributed by atoms with Crippen LogP contribution in [-0.4, -0.2) is 29.3 Å². The number of aromatic nitrogens is 2. The molecule has 29 heavy (non-hydrogen) atoms. The number of rotatable bonds is 4. The molecule has 1 aliphatic heterocycles.